The fourth-order valence-electron chi connectivity index (χ4n) is 2.79. The number of anilines is 1. The maximum Gasteiger partial charge on any atom is 0.406 e. The highest BCUT2D eigenvalue weighted by Gasteiger charge is 2.39. The van der Waals surface area contributed by atoms with Gasteiger partial charge in [-0.15, -0.1) is 0 Å². The maximum absolute atomic E-state index is 12.5. The third kappa shape index (κ3) is 4.27. The summed E-state index contributed by atoms with van der Waals surface area (Å²) in [5, 5.41) is 2.95. The number of aromatic nitrogens is 3. The number of nitrogens with one attached hydrogen (secondary N) is 1. The quantitative estimate of drug-likeness (QED) is 0.882. The number of amides is 1. The molecule has 26 heavy (non-hydrogen) atoms. The van der Waals surface area contributed by atoms with Crippen molar-refractivity contribution in [2.24, 2.45) is 0 Å². The zero-order valence-corrected chi connectivity index (χ0v) is 14.1. The smallest absolute Gasteiger partial charge is 0.358 e. The van der Waals surface area contributed by atoms with Gasteiger partial charge in [-0.25, -0.2) is 9.97 Å². The van der Waals surface area contributed by atoms with Gasteiger partial charge < -0.3 is 10.2 Å². The molecule has 9 heteroatoms. The van der Waals surface area contributed by atoms with E-state index >= 15 is 0 Å². The van der Waals surface area contributed by atoms with Crippen LogP contribution in [0.2, 0.25) is 0 Å². The number of carbonyl (C=O) groups excluding carboxylic acids is 1. The second-order valence-electron chi connectivity index (χ2n) is 6.00. The van der Waals surface area contributed by atoms with E-state index in [-0.39, 0.29) is 6.54 Å². The first-order valence-electron chi connectivity index (χ1n) is 8.27. The molecule has 1 N–H and O–H groups in total. The van der Waals surface area contributed by atoms with Gasteiger partial charge in [-0.05, 0) is 25.0 Å². The lowest BCUT2D eigenvalue weighted by molar-refractivity contribution is -0.157. The summed E-state index contributed by atoms with van der Waals surface area (Å²) in [7, 11) is 0. The van der Waals surface area contributed by atoms with Gasteiger partial charge in [0.25, 0.3) is 0 Å². The zero-order valence-electron chi connectivity index (χ0n) is 14.1. The van der Waals surface area contributed by atoms with Crippen molar-refractivity contribution in [1.29, 1.82) is 0 Å². The van der Waals surface area contributed by atoms with Crippen molar-refractivity contribution in [3.05, 3.63) is 36.2 Å². The number of aryl methyl sites for hydroxylation is 1. The molecule has 1 fully saturated rings. The van der Waals surface area contributed by atoms with Crippen LogP contribution in [0.15, 0.2) is 30.5 Å². The first-order chi connectivity index (χ1) is 12.4. The molecule has 0 radical (unpaired) electrons. The largest absolute Gasteiger partial charge is 0.406 e. The Balaban J connectivity index is 1.79. The zero-order chi connectivity index (χ0) is 18.7. The minimum absolute atomic E-state index is 0.0643. The van der Waals surface area contributed by atoms with E-state index in [0.717, 1.165) is 10.6 Å². The van der Waals surface area contributed by atoms with Crippen molar-refractivity contribution >= 4 is 11.7 Å². The predicted molar refractivity (Wildman–Crippen MR) is 89.3 cm³/mol. The molecule has 0 bridgehead atoms. The SMILES string of the molecule is CCc1cc(NC2CCN(CC(F)(F)F)C2=O)nc(-c2ccccn2)n1. The van der Waals surface area contributed by atoms with Crippen LogP contribution >= 0.6 is 0 Å². The number of hydrogen-bond donors (Lipinski definition) is 1. The van der Waals surface area contributed by atoms with Crippen LogP contribution in [0.5, 0.6) is 0 Å². The van der Waals surface area contributed by atoms with Gasteiger partial charge in [0.15, 0.2) is 5.82 Å². The number of rotatable bonds is 5. The van der Waals surface area contributed by atoms with E-state index in [4.69, 9.17) is 0 Å². The minimum Gasteiger partial charge on any atom is -0.358 e. The number of nitrogens with zero attached hydrogens (tertiary/aromatic N) is 4. The van der Waals surface area contributed by atoms with Gasteiger partial charge in [0.2, 0.25) is 5.91 Å². The van der Waals surface area contributed by atoms with Crippen molar-refractivity contribution in [3.63, 3.8) is 0 Å². The summed E-state index contributed by atoms with van der Waals surface area (Å²) in [6.45, 7) is 0.766. The Morgan fingerprint density at radius 1 is 1.31 bits per heavy atom. The fraction of sp³-hybridized carbons (Fsp3) is 0.412. The second kappa shape index (κ2) is 7.27. The molecule has 6 nitrogen and oxygen atoms in total. The minimum atomic E-state index is -4.40. The van der Waals surface area contributed by atoms with Gasteiger partial charge in [0.05, 0.1) is 0 Å². The molecule has 138 valence electrons. The molecule has 0 spiro atoms. The Bertz CT molecular complexity index is 782. The third-order valence-corrected chi connectivity index (χ3v) is 4.03. The lowest BCUT2D eigenvalue weighted by atomic mass is 10.2. The van der Waals surface area contributed by atoms with E-state index in [1.54, 1.807) is 24.4 Å². The Kier molecular flexibility index (Phi) is 5.06. The number of alkyl halides is 3. The predicted octanol–water partition coefficient (Wildman–Crippen LogP) is 2.68. The van der Waals surface area contributed by atoms with Crippen molar-refractivity contribution < 1.29 is 18.0 Å². The first kappa shape index (κ1) is 18.1. The van der Waals surface area contributed by atoms with Gasteiger partial charge in [0.1, 0.15) is 24.1 Å². The van der Waals surface area contributed by atoms with E-state index in [1.165, 1.54) is 0 Å². The van der Waals surface area contributed by atoms with E-state index in [9.17, 15) is 18.0 Å². The van der Waals surface area contributed by atoms with Gasteiger partial charge in [0, 0.05) is 24.5 Å². The number of pyridine rings is 1. The molecule has 2 aromatic rings. The molecule has 0 aliphatic carbocycles. The van der Waals surface area contributed by atoms with Crippen LogP contribution < -0.4 is 5.32 Å². The summed E-state index contributed by atoms with van der Waals surface area (Å²) < 4.78 is 37.6. The Hall–Kier alpha value is -2.71. The van der Waals surface area contributed by atoms with Crippen molar-refractivity contribution in [1.82, 2.24) is 19.9 Å². The molecule has 0 aromatic carbocycles. The summed E-state index contributed by atoms with van der Waals surface area (Å²) in [6, 6.07) is 6.33. The number of hydrogen-bond acceptors (Lipinski definition) is 5. The Morgan fingerprint density at radius 3 is 2.77 bits per heavy atom. The summed E-state index contributed by atoms with van der Waals surface area (Å²) in [6.07, 6.45) is -1.84. The van der Waals surface area contributed by atoms with Crippen LogP contribution in [-0.4, -0.2) is 51.1 Å². The molecule has 1 aliphatic heterocycles. The van der Waals surface area contributed by atoms with E-state index < -0.39 is 24.7 Å². The fourth-order valence-corrected chi connectivity index (χ4v) is 2.79. The monoisotopic (exact) mass is 365 g/mol. The van der Waals surface area contributed by atoms with Gasteiger partial charge in [-0.1, -0.05) is 13.0 Å². The molecular formula is C17H18F3N5O. The molecule has 1 aliphatic rings. The molecule has 3 heterocycles. The maximum atomic E-state index is 12.5. The highest BCUT2D eigenvalue weighted by Crippen LogP contribution is 2.23. The molecule has 3 rings (SSSR count). The Labute approximate surface area is 148 Å². The van der Waals surface area contributed by atoms with Gasteiger partial charge >= 0.3 is 6.18 Å². The third-order valence-electron chi connectivity index (χ3n) is 4.03. The van der Waals surface area contributed by atoms with Gasteiger partial charge in [-0.2, -0.15) is 13.2 Å². The number of halogens is 3. The van der Waals surface area contributed by atoms with Crippen molar-refractivity contribution in [2.75, 3.05) is 18.4 Å². The molecular weight excluding hydrogens is 347 g/mol. The highest BCUT2D eigenvalue weighted by molar-refractivity contribution is 5.86. The summed E-state index contributed by atoms with van der Waals surface area (Å²) >= 11 is 0. The lowest BCUT2D eigenvalue weighted by Gasteiger charge is -2.19. The summed E-state index contributed by atoms with van der Waals surface area (Å²) in [5.41, 5.74) is 1.34. The molecule has 0 saturated carbocycles. The molecule has 2 aromatic heterocycles. The lowest BCUT2D eigenvalue weighted by Crippen LogP contribution is -2.39. The molecule has 1 amide bonds. The van der Waals surface area contributed by atoms with Crippen LogP contribution in [0.25, 0.3) is 11.5 Å². The average Bonchev–Trinajstić information content (AvgIpc) is 2.94. The molecule has 1 saturated heterocycles. The summed E-state index contributed by atoms with van der Waals surface area (Å²) in [4.78, 5) is 26.0. The van der Waals surface area contributed by atoms with E-state index in [1.807, 2.05) is 13.0 Å². The van der Waals surface area contributed by atoms with Crippen LogP contribution in [0.4, 0.5) is 19.0 Å². The van der Waals surface area contributed by atoms with Crippen molar-refractivity contribution in [3.8, 4) is 11.5 Å². The normalized spacial score (nSPS) is 17.6. The first-order valence-corrected chi connectivity index (χ1v) is 8.27. The van der Waals surface area contributed by atoms with Gasteiger partial charge in [-0.3, -0.25) is 9.78 Å². The van der Waals surface area contributed by atoms with Crippen LogP contribution in [0.3, 0.4) is 0 Å². The summed E-state index contributed by atoms with van der Waals surface area (Å²) in [5.74, 6) is 0.244. The van der Waals surface area contributed by atoms with E-state index in [2.05, 4.69) is 20.3 Å². The topological polar surface area (TPSA) is 71.0 Å². The van der Waals surface area contributed by atoms with Crippen LogP contribution in [-0.2, 0) is 11.2 Å². The van der Waals surface area contributed by atoms with Crippen LogP contribution in [0.1, 0.15) is 19.0 Å². The Morgan fingerprint density at radius 2 is 2.12 bits per heavy atom. The molecule has 1 unspecified atom stereocenters. The average molecular weight is 365 g/mol. The van der Waals surface area contributed by atoms with Crippen LogP contribution in [0, 0.1) is 0 Å². The highest BCUT2D eigenvalue weighted by atomic mass is 19.4. The second-order valence-corrected chi connectivity index (χ2v) is 6.00. The molecule has 1 atom stereocenters. The van der Waals surface area contributed by atoms with E-state index in [0.29, 0.717) is 30.2 Å². The number of likely N-dealkylation sites (tertiary alicyclic amines) is 1. The number of carbonyl (C=O) groups is 1. The van der Waals surface area contributed by atoms with Crippen molar-refractivity contribution in [2.45, 2.75) is 32.0 Å². The standard InChI is InChI=1S/C17H18F3N5O/c1-2-11-9-14(24-15(22-11)12-5-3-4-7-21-12)23-13-6-8-25(16(13)26)10-17(18,19)20/h3-5,7,9,13H,2,6,8,10H2,1H3,(H,22,23,24).